The van der Waals surface area contributed by atoms with E-state index >= 15 is 0 Å². The molecule has 94 valence electrons. The first-order valence-electron chi connectivity index (χ1n) is 5.66. The molecule has 1 aliphatic rings. The molecule has 1 N–H and O–H groups in total. The molecule has 0 aliphatic carbocycles. The van der Waals surface area contributed by atoms with Crippen LogP contribution in [0.2, 0.25) is 0 Å². The first-order chi connectivity index (χ1) is 8.22. The molecule has 1 aliphatic heterocycles. The SMILES string of the molecule is COc1c(F)ccc(Br)c1CN1CCNCC1. The molecule has 0 spiro atoms. The summed E-state index contributed by atoms with van der Waals surface area (Å²) in [6.45, 7) is 4.63. The molecular weight excluding hydrogens is 287 g/mol. The smallest absolute Gasteiger partial charge is 0.165 e. The van der Waals surface area contributed by atoms with E-state index in [1.807, 2.05) is 0 Å². The van der Waals surface area contributed by atoms with Crippen LogP contribution in [-0.4, -0.2) is 38.2 Å². The molecule has 0 amide bonds. The fourth-order valence-corrected chi connectivity index (χ4v) is 2.47. The lowest BCUT2D eigenvalue weighted by molar-refractivity contribution is 0.228. The fraction of sp³-hybridized carbons (Fsp3) is 0.500. The zero-order chi connectivity index (χ0) is 12.3. The van der Waals surface area contributed by atoms with Crippen LogP contribution >= 0.6 is 15.9 Å². The molecule has 1 saturated heterocycles. The molecule has 0 bridgehead atoms. The van der Waals surface area contributed by atoms with Gasteiger partial charge < -0.3 is 10.1 Å². The van der Waals surface area contributed by atoms with Crippen LogP contribution < -0.4 is 10.1 Å². The predicted octanol–water partition coefficient (Wildman–Crippen LogP) is 2.00. The second kappa shape index (κ2) is 5.80. The normalized spacial score (nSPS) is 17.1. The molecule has 0 unspecified atom stereocenters. The van der Waals surface area contributed by atoms with Crippen LogP contribution in [0.4, 0.5) is 4.39 Å². The van der Waals surface area contributed by atoms with Crippen molar-refractivity contribution in [3.63, 3.8) is 0 Å². The van der Waals surface area contributed by atoms with Crippen molar-refractivity contribution in [2.75, 3.05) is 33.3 Å². The summed E-state index contributed by atoms with van der Waals surface area (Å²) in [5.74, 6) is 0.0405. The fourth-order valence-electron chi connectivity index (χ4n) is 2.04. The molecule has 0 atom stereocenters. The molecule has 1 fully saturated rings. The van der Waals surface area contributed by atoms with Crippen LogP contribution in [0.15, 0.2) is 16.6 Å². The molecule has 5 heteroatoms. The quantitative estimate of drug-likeness (QED) is 0.924. The Kier molecular flexibility index (Phi) is 4.36. The van der Waals surface area contributed by atoms with Gasteiger partial charge in [0.15, 0.2) is 11.6 Å². The van der Waals surface area contributed by atoms with Crippen molar-refractivity contribution >= 4 is 15.9 Å². The van der Waals surface area contributed by atoms with Crippen molar-refractivity contribution < 1.29 is 9.13 Å². The van der Waals surface area contributed by atoms with Crippen LogP contribution in [0.25, 0.3) is 0 Å². The van der Waals surface area contributed by atoms with E-state index in [1.165, 1.54) is 13.2 Å². The zero-order valence-electron chi connectivity index (χ0n) is 9.80. The van der Waals surface area contributed by atoms with Crippen molar-refractivity contribution in [2.45, 2.75) is 6.54 Å². The van der Waals surface area contributed by atoms with E-state index in [0.29, 0.717) is 12.3 Å². The molecule has 0 aromatic heterocycles. The number of ether oxygens (including phenoxy) is 1. The van der Waals surface area contributed by atoms with Gasteiger partial charge in [0, 0.05) is 42.8 Å². The lowest BCUT2D eigenvalue weighted by Gasteiger charge is -2.28. The third-order valence-corrected chi connectivity index (χ3v) is 3.69. The van der Waals surface area contributed by atoms with Gasteiger partial charge in [-0.2, -0.15) is 0 Å². The van der Waals surface area contributed by atoms with E-state index in [-0.39, 0.29) is 5.82 Å². The van der Waals surface area contributed by atoms with E-state index < -0.39 is 0 Å². The first kappa shape index (κ1) is 12.8. The van der Waals surface area contributed by atoms with Gasteiger partial charge in [-0.1, -0.05) is 15.9 Å². The minimum absolute atomic E-state index is 0.305. The van der Waals surface area contributed by atoms with Gasteiger partial charge in [0.2, 0.25) is 0 Å². The van der Waals surface area contributed by atoms with Gasteiger partial charge in [0.25, 0.3) is 0 Å². The zero-order valence-corrected chi connectivity index (χ0v) is 11.4. The Bertz CT molecular complexity index is 394. The van der Waals surface area contributed by atoms with E-state index in [2.05, 4.69) is 26.1 Å². The predicted molar refractivity (Wildman–Crippen MR) is 68.8 cm³/mol. The van der Waals surface area contributed by atoms with Gasteiger partial charge in [-0.3, -0.25) is 4.90 Å². The van der Waals surface area contributed by atoms with Crippen LogP contribution in [-0.2, 0) is 6.54 Å². The van der Waals surface area contributed by atoms with E-state index in [9.17, 15) is 4.39 Å². The van der Waals surface area contributed by atoms with Crippen molar-refractivity contribution in [1.82, 2.24) is 10.2 Å². The molecular formula is C12H16BrFN2O. The van der Waals surface area contributed by atoms with Gasteiger partial charge in [-0.05, 0) is 12.1 Å². The summed E-state index contributed by atoms with van der Waals surface area (Å²) >= 11 is 3.46. The number of benzene rings is 1. The lowest BCUT2D eigenvalue weighted by Crippen LogP contribution is -2.43. The monoisotopic (exact) mass is 302 g/mol. The summed E-state index contributed by atoms with van der Waals surface area (Å²) < 4.78 is 19.7. The number of rotatable bonds is 3. The Morgan fingerprint density at radius 2 is 2.12 bits per heavy atom. The van der Waals surface area contributed by atoms with Crippen molar-refractivity contribution in [3.05, 3.63) is 28.0 Å². The molecule has 2 rings (SSSR count). The van der Waals surface area contributed by atoms with Gasteiger partial charge in [0.1, 0.15) is 0 Å². The third-order valence-electron chi connectivity index (χ3n) is 2.95. The van der Waals surface area contributed by atoms with E-state index in [0.717, 1.165) is 36.2 Å². The number of nitrogens with one attached hydrogen (secondary N) is 1. The summed E-state index contributed by atoms with van der Waals surface area (Å²) in [4.78, 5) is 2.29. The van der Waals surface area contributed by atoms with Crippen LogP contribution in [0, 0.1) is 5.82 Å². The van der Waals surface area contributed by atoms with Crippen LogP contribution in [0.3, 0.4) is 0 Å². The highest BCUT2D eigenvalue weighted by Gasteiger charge is 2.17. The molecule has 0 radical (unpaired) electrons. The van der Waals surface area contributed by atoms with Crippen LogP contribution in [0.1, 0.15) is 5.56 Å². The third kappa shape index (κ3) is 2.97. The largest absolute Gasteiger partial charge is 0.493 e. The van der Waals surface area contributed by atoms with Gasteiger partial charge in [-0.25, -0.2) is 4.39 Å². The maximum Gasteiger partial charge on any atom is 0.165 e. The summed E-state index contributed by atoms with van der Waals surface area (Å²) in [5.41, 5.74) is 0.884. The highest BCUT2D eigenvalue weighted by atomic mass is 79.9. The van der Waals surface area contributed by atoms with Crippen molar-refractivity contribution in [3.8, 4) is 5.75 Å². The maximum absolute atomic E-state index is 13.6. The molecule has 1 aromatic rings. The Labute approximate surface area is 109 Å². The lowest BCUT2D eigenvalue weighted by atomic mass is 10.1. The number of halogens is 2. The topological polar surface area (TPSA) is 24.5 Å². The number of hydrogen-bond acceptors (Lipinski definition) is 3. The first-order valence-corrected chi connectivity index (χ1v) is 6.45. The maximum atomic E-state index is 13.6. The Hall–Kier alpha value is -0.650. The van der Waals surface area contributed by atoms with Gasteiger partial charge in [-0.15, -0.1) is 0 Å². The summed E-state index contributed by atoms with van der Waals surface area (Å²) in [5, 5.41) is 3.30. The molecule has 0 saturated carbocycles. The highest BCUT2D eigenvalue weighted by Crippen LogP contribution is 2.30. The van der Waals surface area contributed by atoms with Crippen LogP contribution in [0.5, 0.6) is 5.75 Å². The second-order valence-corrected chi connectivity index (χ2v) is 4.92. The second-order valence-electron chi connectivity index (χ2n) is 4.07. The minimum atomic E-state index is -0.305. The number of methoxy groups -OCH3 is 1. The molecule has 17 heavy (non-hydrogen) atoms. The molecule has 1 aromatic carbocycles. The average Bonchev–Trinajstić information content (AvgIpc) is 2.35. The Morgan fingerprint density at radius 1 is 1.41 bits per heavy atom. The number of hydrogen-bond donors (Lipinski definition) is 1. The summed E-state index contributed by atoms with van der Waals surface area (Å²) in [7, 11) is 1.51. The summed E-state index contributed by atoms with van der Waals surface area (Å²) in [6, 6.07) is 3.15. The van der Waals surface area contributed by atoms with Gasteiger partial charge in [0.05, 0.1) is 7.11 Å². The Morgan fingerprint density at radius 3 is 2.76 bits per heavy atom. The van der Waals surface area contributed by atoms with Crippen molar-refractivity contribution in [2.24, 2.45) is 0 Å². The van der Waals surface area contributed by atoms with Gasteiger partial charge >= 0.3 is 0 Å². The summed E-state index contributed by atoms with van der Waals surface area (Å²) in [6.07, 6.45) is 0. The average molecular weight is 303 g/mol. The number of piperazine rings is 1. The van der Waals surface area contributed by atoms with E-state index in [4.69, 9.17) is 4.74 Å². The number of nitrogens with zero attached hydrogens (tertiary/aromatic N) is 1. The minimum Gasteiger partial charge on any atom is -0.493 e. The Balaban J connectivity index is 2.21. The standard InChI is InChI=1S/C12H16BrFN2O/c1-17-12-9(10(13)2-3-11(12)14)8-16-6-4-15-5-7-16/h2-3,15H,4-8H2,1H3. The highest BCUT2D eigenvalue weighted by molar-refractivity contribution is 9.10. The molecule has 1 heterocycles. The van der Waals surface area contributed by atoms with E-state index in [1.54, 1.807) is 6.07 Å². The van der Waals surface area contributed by atoms with Crippen molar-refractivity contribution in [1.29, 1.82) is 0 Å². The molecule has 3 nitrogen and oxygen atoms in total.